The van der Waals surface area contributed by atoms with E-state index in [2.05, 4.69) is 32.6 Å². The fraction of sp³-hybridized carbons (Fsp3) is 0.500. The van der Waals surface area contributed by atoms with Crippen LogP contribution < -0.4 is 4.90 Å². The first kappa shape index (κ1) is 14.0. The number of hydrogen-bond acceptors (Lipinski definition) is 2. The molecule has 17 heavy (non-hydrogen) atoms. The third kappa shape index (κ3) is 3.22. The van der Waals surface area contributed by atoms with Gasteiger partial charge in [0, 0.05) is 18.7 Å². The highest BCUT2D eigenvalue weighted by atomic mass is 35.5. The van der Waals surface area contributed by atoms with Gasteiger partial charge in [-0.2, -0.15) is 0 Å². The molecular formula is C14H20ClNO. The molecule has 0 saturated heterocycles. The van der Waals surface area contributed by atoms with E-state index >= 15 is 0 Å². The van der Waals surface area contributed by atoms with Gasteiger partial charge >= 0.3 is 0 Å². The summed E-state index contributed by atoms with van der Waals surface area (Å²) in [6.07, 6.45) is 0.808. The van der Waals surface area contributed by atoms with Crippen LogP contribution in [-0.2, 0) is 0 Å². The van der Waals surface area contributed by atoms with Crippen LogP contribution in [0.2, 0.25) is 5.02 Å². The number of aldehydes is 1. The molecular weight excluding hydrogens is 234 g/mol. The number of halogens is 1. The normalized spacial score (nSPS) is 13.3. The van der Waals surface area contributed by atoms with Gasteiger partial charge in [0.25, 0.3) is 0 Å². The highest BCUT2D eigenvalue weighted by Gasteiger charge is 2.25. The SMILES string of the molecule is CC(N(C)c1ccc(C=O)cc1Cl)C(C)(C)C. The van der Waals surface area contributed by atoms with E-state index in [9.17, 15) is 4.79 Å². The Labute approximate surface area is 109 Å². The Morgan fingerprint density at radius 3 is 2.35 bits per heavy atom. The molecule has 1 rings (SSSR count). The molecule has 0 aliphatic carbocycles. The highest BCUT2D eigenvalue weighted by molar-refractivity contribution is 6.33. The minimum atomic E-state index is 0.168. The zero-order valence-corrected chi connectivity index (χ0v) is 11.9. The summed E-state index contributed by atoms with van der Waals surface area (Å²) < 4.78 is 0. The maximum absolute atomic E-state index is 10.7. The number of anilines is 1. The third-order valence-electron chi connectivity index (χ3n) is 3.32. The smallest absolute Gasteiger partial charge is 0.150 e. The van der Waals surface area contributed by atoms with Crippen LogP contribution in [0.15, 0.2) is 18.2 Å². The average Bonchev–Trinajstić information content (AvgIpc) is 2.25. The molecule has 0 saturated carbocycles. The van der Waals surface area contributed by atoms with Gasteiger partial charge in [-0.05, 0) is 30.5 Å². The molecule has 0 spiro atoms. The van der Waals surface area contributed by atoms with Gasteiger partial charge in [0.15, 0.2) is 0 Å². The van der Waals surface area contributed by atoms with Crippen molar-refractivity contribution in [2.45, 2.75) is 33.7 Å². The lowest BCUT2D eigenvalue weighted by atomic mass is 9.87. The van der Waals surface area contributed by atoms with Crippen molar-refractivity contribution >= 4 is 23.6 Å². The van der Waals surface area contributed by atoms with Gasteiger partial charge in [-0.25, -0.2) is 0 Å². The van der Waals surface area contributed by atoms with Crippen LogP contribution in [-0.4, -0.2) is 19.4 Å². The predicted octanol–water partition coefficient (Wildman–Crippen LogP) is 4.02. The Morgan fingerprint density at radius 2 is 1.94 bits per heavy atom. The van der Waals surface area contributed by atoms with Crippen molar-refractivity contribution in [1.29, 1.82) is 0 Å². The lowest BCUT2D eigenvalue weighted by Crippen LogP contribution is -2.39. The van der Waals surface area contributed by atoms with Gasteiger partial charge in [-0.3, -0.25) is 4.79 Å². The summed E-state index contributed by atoms with van der Waals surface area (Å²) in [5.41, 5.74) is 1.73. The van der Waals surface area contributed by atoms with E-state index < -0.39 is 0 Å². The lowest BCUT2D eigenvalue weighted by Gasteiger charge is -2.37. The molecule has 0 aliphatic rings. The molecule has 0 aromatic heterocycles. The van der Waals surface area contributed by atoms with Gasteiger partial charge in [-0.15, -0.1) is 0 Å². The molecule has 0 aliphatic heterocycles. The van der Waals surface area contributed by atoms with Crippen LogP contribution in [0.3, 0.4) is 0 Å². The summed E-state index contributed by atoms with van der Waals surface area (Å²) in [6.45, 7) is 8.76. The molecule has 2 nitrogen and oxygen atoms in total. The van der Waals surface area contributed by atoms with Gasteiger partial charge in [0.05, 0.1) is 10.7 Å². The van der Waals surface area contributed by atoms with Gasteiger partial charge in [-0.1, -0.05) is 32.4 Å². The van der Waals surface area contributed by atoms with Crippen LogP contribution >= 0.6 is 11.6 Å². The molecule has 0 N–H and O–H groups in total. The summed E-state index contributed by atoms with van der Waals surface area (Å²) in [5, 5.41) is 0.619. The number of carbonyl (C=O) groups is 1. The molecule has 0 amide bonds. The van der Waals surface area contributed by atoms with E-state index in [4.69, 9.17) is 11.6 Å². The van der Waals surface area contributed by atoms with Gasteiger partial charge < -0.3 is 4.90 Å². The number of nitrogens with zero attached hydrogens (tertiary/aromatic N) is 1. The summed E-state index contributed by atoms with van der Waals surface area (Å²) >= 11 is 6.20. The third-order valence-corrected chi connectivity index (χ3v) is 3.62. The van der Waals surface area contributed by atoms with Crippen molar-refractivity contribution < 1.29 is 4.79 Å². The molecule has 94 valence electrons. The van der Waals surface area contributed by atoms with Crippen LogP contribution in [0.5, 0.6) is 0 Å². The molecule has 3 heteroatoms. The molecule has 0 heterocycles. The van der Waals surface area contributed by atoms with Gasteiger partial charge in [0.1, 0.15) is 6.29 Å². The first-order valence-corrected chi connectivity index (χ1v) is 6.12. The van der Waals surface area contributed by atoms with Crippen molar-refractivity contribution in [2.75, 3.05) is 11.9 Å². The quantitative estimate of drug-likeness (QED) is 0.759. The topological polar surface area (TPSA) is 20.3 Å². The fourth-order valence-electron chi connectivity index (χ4n) is 1.67. The Bertz CT molecular complexity index is 409. The fourth-order valence-corrected chi connectivity index (χ4v) is 1.99. The minimum absolute atomic E-state index is 0.168. The Hall–Kier alpha value is -1.02. The number of rotatable bonds is 3. The standard InChI is InChI=1S/C14H20ClNO/c1-10(14(2,3)4)16(5)13-7-6-11(9-17)8-12(13)15/h6-10H,1-5H3. The molecule has 1 aromatic carbocycles. The van der Waals surface area contributed by atoms with Crippen molar-refractivity contribution in [3.8, 4) is 0 Å². The maximum atomic E-state index is 10.7. The maximum Gasteiger partial charge on any atom is 0.150 e. The molecule has 1 atom stereocenters. The van der Waals surface area contributed by atoms with E-state index in [1.165, 1.54) is 0 Å². The predicted molar refractivity (Wildman–Crippen MR) is 74.2 cm³/mol. The average molecular weight is 254 g/mol. The summed E-state index contributed by atoms with van der Waals surface area (Å²) in [4.78, 5) is 12.8. The van der Waals surface area contributed by atoms with Crippen molar-refractivity contribution in [1.82, 2.24) is 0 Å². The van der Waals surface area contributed by atoms with Crippen LogP contribution in [0.4, 0.5) is 5.69 Å². The van der Waals surface area contributed by atoms with Crippen LogP contribution in [0.1, 0.15) is 38.1 Å². The van der Waals surface area contributed by atoms with Crippen LogP contribution in [0.25, 0.3) is 0 Å². The Balaban J connectivity index is 3.04. The second kappa shape index (κ2) is 5.09. The van der Waals surface area contributed by atoms with E-state index in [1.54, 1.807) is 12.1 Å². The minimum Gasteiger partial charge on any atom is -0.370 e. The number of hydrogen-bond donors (Lipinski definition) is 0. The second-order valence-electron chi connectivity index (χ2n) is 5.48. The number of benzene rings is 1. The summed E-state index contributed by atoms with van der Waals surface area (Å²) in [5.74, 6) is 0. The Kier molecular flexibility index (Phi) is 4.21. The summed E-state index contributed by atoms with van der Waals surface area (Å²) in [6, 6.07) is 5.74. The zero-order valence-electron chi connectivity index (χ0n) is 11.1. The van der Waals surface area contributed by atoms with E-state index in [0.29, 0.717) is 16.6 Å². The molecule has 1 unspecified atom stereocenters. The molecule has 0 fully saturated rings. The van der Waals surface area contributed by atoms with E-state index in [-0.39, 0.29) is 5.41 Å². The second-order valence-corrected chi connectivity index (χ2v) is 5.89. The zero-order chi connectivity index (χ0) is 13.2. The van der Waals surface area contributed by atoms with E-state index in [1.807, 2.05) is 13.1 Å². The van der Waals surface area contributed by atoms with E-state index in [0.717, 1.165) is 12.0 Å². The monoisotopic (exact) mass is 253 g/mol. The van der Waals surface area contributed by atoms with Crippen molar-refractivity contribution in [2.24, 2.45) is 5.41 Å². The largest absolute Gasteiger partial charge is 0.370 e. The first-order valence-electron chi connectivity index (χ1n) is 5.75. The molecule has 0 bridgehead atoms. The van der Waals surface area contributed by atoms with Gasteiger partial charge in [0.2, 0.25) is 0 Å². The Morgan fingerprint density at radius 1 is 1.35 bits per heavy atom. The lowest BCUT2D eigenvalue weighted by molar-refractivity contribution is 0.112. The van der Waals surface area contributed by atoms with Crippen molar-refractivity contribution in [3.05, 3.63) is 28.8 Å². The molecule has 1 aromatic rings. The highest BCUT2D eigenvalue weighted by Crippen LogP contribution is 2.32. The van der Waals surface area contributed by atoms with Crippen LogP contribution in [0, 0.1) is 5.41 Å². The summed E-state index contributed by atoms with van der Waals surface area (Å²) in [7, 11) is 2.03. The van der Waals surface area contributed by atoms with Crippen molar-refractivity contribution in [3.63, 3.8) is 0 Å². The number of carbonyl (C=O) groups excluding carboxylic acids is 1. The first-order chi connectivity index (χ1) is 7.77. The molecule has 0 radical (unpaired) electrons.